The second-order valence-corrected chi connectivity index (χ2v) is 7.81. The minimum Gasteiger partial charge on any atom is -0.492 e. The van der Waals surface area contributed by atoms with Crippen LogP contribution in [0.4, 0.5) is 0 Å². The Morgan fingerprint density at radius 3 is 2.29 bits per heavy atom. The number of aromatic amines is 1. The first-order valence-electron chi connectivity index (χ1n) is 9.84. The number of H-pyrrole nitrogens is 1. The largest absolute Gasteiger partial charge is 0.492 e. The third-order valence-corrected chi connectivity index (χ3v) is 5.25. The van der Waals surface area contributed by atoms with E-state index in [1.807, 2.05) is 54.6 Å². The van der Waals surface area contributed by atoms with Crippen molar-refractivity contribution in [2.24, 2.45) is 5.41 Å². The summed E-state index contributed by atoms with van der Waals surface area (Å²) in [6.45, 7) is 0.876. The topological polar surface area (TPSA) is 136 Å². The van der Waals surface area contributed by atoms with Gasteiger partial charge < -0.3 is 20.6 Å². The minimum absolute atomic E-state index is 0.0190. The molecule has 2 atom stereocenters. The van der Waals surface area contributed by atoms with Gasteiger partial charge in [-0.2, -0.15) is 0 Å². The molecule has 0 aliphatic carbocycles. The molecule has 0 bridgehead atoms. The highest BCUT2D eigenvalue weighted by atomic mass is 16.4. The molecule has 8 heteroatoms. The summed E-state index contributed by atoms with van der Waals surface area (Å²) < 4.78 is 0. The second kappa shape index (κ2) is 9.44. The highest BCUT2D eigenvalue weighted by Crippen LogP contribution is 2.26. The molecule has 0 spiro atoms. The molecule has 8 nitrogen and oxygen atoms in total. The van der Waals surface area contributed by atoms with Crippen LogP contribution in [0.25, 0.3) is 11.1 Å². The summed E-state index contributed by atoms with van der Waals surface area (Å²) in [4.78, 5) is 24.2. The van der Waals surface area contributed by atoms with Gasteiger partial charge in [0.2, 0.25) is 5.88 Å². The van der Waals surface area contributed by atoms with Crippen molar-refractivity contribution in [2.75, 3.05) is 6.61 Å². The van der Waals surface area contributed by atoms with Crippen LogP contribution in [0.1, 0.15) is 29.4 Å². The zero-order chi connectivity index (χ0) is 22.4. The number of hydrogen-bond donors (Lipinski definition) is 5. The van der Waals surface area contributed by atoms with E-state index < -0.39 is 29.9 Å². The van der Waals surface area contributed by atoms with E-state index in [1.54, 1.807) is 0 Å². The lowest BCUT2D eigenvalue weighted by Crippen LogP contribution is -2.44. The summed E-state index contributed by atoms with van der Waals surface area (Å²) in [6.07, 6.45) is 0.384. The van der Waals surface area contributed by atoms with Gasteiger partial charge in [0.1, 0.15) is 5.69 Å². The number of carbonyl (C=O) groups excluding carboxylic acids is 1. The predicted octanol–water partition coefficient (Wildman–Crippen LogP) is 2.60. The van der Waals surface area contributed by atoms with Crippen molar-refractivity contribution in [1.29, 1.82) is 0 Å². The number of carboxylic acid groups (broad SMARTS) is 1. The molecule has 5 N–H and O–H groups in total. The summed E-state index contributed by atoms with van der Waals surface area (Å²) >= 11 is 0. The number of rotatable bonds is 9. The average molecular weight is 423 g/mol. The highest BCUT2D eigenvalue weighted by Gasteiger charge is 2.36. The van der Waals surface area contributed by atoms with Gasteiger partial charge in [-0.1, -0.05) is 54.6 Å². The van der Waals surface area contributed by atoms with Crippen molar-refractivity contribution in [3.63, 3.8) is 0 Å². The maximum Gasteiger partial charge on any atom is 0.311 e. The summed E-state index contributed by atoms with van der Waals surface area (Å²) in [7, 11) is 0. The molecule has 3 rings (SSSR count). The fraction of sp³-hybridized carbons (Fsp3) is 0.261. The molecular formula is C23H25N3O5. The molecule has 3 aromatic rings. The van der Waals surface area contributed by atoms with Gasteiger partial charge in [0.15, 0.2) is 0 Å². The number of nitrogens with one attached hydrogen (secondary N) is 2. The fourth-order valence-corrected chi connectivity index (χ4v) is 3.38. The van der Waals surface area contributed by atoms with Crippen LogP contribution >= 0.6 is 0 Å². The van der Waals surface area contributed by atoms with Crippen molar-refractivity contribution in [3.8, 4) is 17.0 Å². The molecule has 162 valence electrons. The van der Waals surface area contributed by atoms with E-state index in [4.69, 9.17) is 0 Å². The molecular weight excluding hydrogens is 398 g/mol. The number of aliphatic hydroxyl groups excluding tert-OH is 1. The van der Waals surface area contributed by atoms with Crippen molar-refractivity contribution in [2.45, 2.75) is 25.8 Å². The zero-order valence-corrected chi connectivity index (χ0v) is 17.1. The fourth-order valence-electron chi connectivity index (χ4n) is 3.38. The quantitative estimate of drug-likeness (QED) is 0.359. The SMILES string of the molecule is C[C@@](CO)(C[C@@H](Cc1ccc(-c2ccccc2)cc1)NC(=O)c1cc(O)n[nH]1)C(=O)O. The molecule has 0 radical (unpaired) electrons. The van der Waals surface area contributed by atoms with E-state index in [0.29, 0.717) is 6.42 Å². The zero-order valence-electron chi connectivity index (χ0n) is 17.1. The molecule has 0 saturated carbocycles. The number of hydrogen-bond acceptors (Lipinski definition) is 5. The second-order valence-electron chi connectivity index (χ2n) is 7.81. The number of benzene rings is 2. The number of carboxylic acids is 1. The Kier molecular flexibility index (Phi) is 6.71. The van der Waals surface area contributed by atoms with Crippen LogP contribution in [0.2, 0.25) is 0 Å². The van der Waals surface area contributed by atoms with Crippen LogP contribution in [0.15, 0.2) is 60.7 Å². The van der Waals surface area contributed by atoms with E-state index in [0.717, 1.165) is 16.7 Å². The van der Waals surface area contributed by atoms with Crippen molar-refractivity contribution < 1.29 is 24.9 Å². The highest BCUT2D eigenvalue weighted by molar-refractivity contribution is 5.92. The Morgan fingerprint density at radius 1 is 1.10 bits per heavy atom. The number of aromatic hydroxyl groups is 1. The van der Waals surface area contributed by atoms with Gasteiger partial charge in [0.05, 0.1) is 12.0 Å². The number of aliphatic carboxylic acids is 1. The third kappa shape index (κ3) is 5.49. The Morgan fingerprint density at radius 2 is 1.74 bits per heavy atom. The smallest absolute Gasteiger partial charge is 0.311 e. The van der Waals surface area contributed by atoms with Crippen LogP contribution < -0.4 is 5.32 Å². The first-order valence-corrected chi connectivity index (χ1v) is 9.84. The van der Waals surface area contributed by atoms with Gasteiger partial charge in [-0.15, -0.1) is 5.10 Å². The Labute approximate surface area is 179 Å². The van der Waals surface area contributed by atoms with Crippen molar-refractivity contribution in [1.82, 2.24) is 15.5 Å². The number of nitrogens with zero attached hydrogens (tertiary/aromatic N) is 1. The molecule has 0 saturated heterocycles. The maximum atomic E-state index is 12.5. The van der Waals surface area contributed by atoms with Crippen LogP contribution in [0.3, 0.4) is 0 Å². The number of aliphatic hydroxyl groups is 1. The van der Waals surface area contributed by atoms with Crippen LogP contribution in [-0.2, 0) is 11.2 Å². The van der Waals surface area contributed by atoms with Crippen molar-refractivity contribution >= 4 is 11.9 Å². The molecule has 0 fully saturated rings. The lowest BCUT2D eigenvalue weighted by atomic mass is 9.82. The van der Waals surface area contributed by atoms with E-state index in [2.05, 4.69) is 15.5 Å². The molecule has 2 aromatic carbocycles. The van der Waals surface area contributed by atoms with E-state index in [-0.39, 0.29) is 18.0 Å². The van der Waals surface area contributed by atoms with Gasteiger partial charge in [0, 0.05) is 12.1 Å². The van der Waals surface area contributed by atoms with Gasteiger partial charge in [-0.3, -0.25) is 14.7 Å². The molecule has 0 aliphatic heterocycles. The molecule has 1 heterocycles. The summed E-state index contributed by atoms with van der Waals surface area (Å²) in [6, 6.07) is 18.3. The van der Waals surface area contributed by atoms with Gasteiger partial charge in [0.25, 0.3) is 5.91 Å². The number of carbonyl (C=O) groups is 2. The molecule has 0 unspecified atom stereocenters. The van der Waals surface area contributed by atoms with Gasteiger partial charge in [-0.25, -0.2) is 0 Å². The number of amides is 1. The summed E-state index contributed by atoms with van der Waals surface area (Å²) in [5, 5.41) is 37.3. The van der Waals surface area contributed by atoms with E-state index >= 15 is 0 Å². The standard InChI is InChI=1S/C23H25N3O5/c1-23(14-27,22(30)31)13-18(24-21(29)19-12-20(28)26-25-19)11-15-7-9-17(10-8-15)16-5-3-2-4-6-16/h2-10,12,18,27H,11,13-14H2,1H3,(H,24,29)(H,30,31)(H2,25,26,28)/t18-,23+/m1/s1. The lowest BCUT2D eigenvalue weighted by molar-refractivity contribution is -0.151. The monoisotopic (exact) mass is 423 g/mol. The Balaban J connectivity index is 1.80. The maximum absolute atomic E-state index is 12.5. The van der Waals surface area contributed by atoms with E-state index in [9.17, 15) is 24.9 Å². The van der Waals surface area contributed by atoms with E-state index in [1.165, 1.54) is 13.0 Å². The van der Waals surface area contributed by atoms with Gasteiger partial charge >= 0.3 is 5.97 Å². The Bertz CT molecular complexity index is 1030. The first kappa shape index (κ1) is 22.0. The lowest BCUT2D eigenvalue weighted by Gasteiger charge is -2.28. The first-order chi connectivity index (χ1) is 14.8. The molecule has 31 heavy (non-hydrogen) atoms. The van der Waals surface area contributed by atoms with Crippen molar-refractivity contribution in [3.05, 3.63) is 71.9 Å². The van der Waals surface area contributed by atoms with Crippen LogP contribution in [0.5, 0.6) is 5.88 Å². The Hall–Kier alpha value is -3.65. The third-order valence-electron chi connectivity index (χ3n) is 5.25. The van der Waals surface area contributed by atoms with Gasteiger partial charge in [-0.05, 0) is 36.5 Å². The normalized spacial score (nSPS) is 13.9. The number of aromatic nitrogens is 2. The molecule has 1 amide bonds. The molecule has 1 aromatic heterocycles. The minimum atomic E-state index is -1.42. The van der Waals surface area contributed by atoms with Crippen LogP contribution in [0, 0.1) is 5.41 Å². The average Bonchev–Trinajstić information content (AvgIpc) is 3.21. The molecule has 0 aliphatic rings. The summed E-state index contributed by atoms with van der Waals surface area (Å²) in [5.74, 6) is -1.99. The summed E-state index contributed by atoms with van der Waals surface area (Å²) in [5.41, 5.74) is 1.67. The van der Waals surface area contributed by atoms with Crippen LogP contribution in [-0.4, -0.2) is 50.0 Å². The predicted molar refractivity (Wildman–Crippen MR) is 115 cm³/mol.